The van der Waals surface area contributed by atoms with Crippen LogP contribution in [0.3, 0.4) is 0 Å². The number of ether oxygens (including phenoxy) is 1. The van der Waals surface area contributed by atoms with E-state index in [0.29, 0.717) is 22.9 Å². The van der Waals surface area contributed by atoms with E-state index < -0.39 is 16.1 Å². The van der Waals surface area contributed by atoms with Crippen LogP contribution in [0.4, 0.5) is 4.79 Å². The Morgan fingerprint density at radius 1 is 1.27 bits per heavy atom. The Kier molecular flexibility index (Phi) is 8.43. The highest BCUT2D eigenvalue weighted by Gasteiger charge is 2.39. The fourth-order valence-electron chi connectivity index (χ4n) is 3.51. The van der Waals surface area contributed by atoms with Crippen LogP contribution in [0, 0.1) is 5.41 Å². The fourth-order valence-corrected chi connectivity index (χ4v) is 4.33. The minimum atomic E-state index is -3.27. The molecular weight excluding hydrogens is 451 g/mol. The van der Waals surface area contributed by atoms with E-state index >= 15 is 0 Å². The van der Waals surface area contributed by atoms with Gasteiger partial charge < -0.3 is 14.7 Å². The summed E-state index contributed by atoms with van der Waals surface area (Å²) in [5, 5.41) is 10.6. The van der Waals surface area contributed by atoms with Gasteiger partial charge in [0.25, 0.3) is 0 Å². The number of benzene rings is 1. The number of nitrogens with one attached hydrogen (secondary N) is 1. The molecule has 0 aromatic heterocycles. The zero-order valence-corrected chi connectivity index (χ0v) is 20.0. The van der Waals surface area contributed by atoms with Gasteiger partial charge in [0.15, 0.2) is 0 Å². The molecule has 1 aromatic rings. The molecular formula is C20H30Cl2N2O5S. The third kappa shape index (κ3) is 7.27. The fraction of sp³-hybridized carbons (Fsp3) is 0.650. The summed E-state index contributed by atoms with van der Waals surface area (Å²) in [5.41, 5.74) is 0.565. The Labute approximate surface area is 188 Å². The molecule has 1 saturated heterocycles. The number of amides is 1. The van der Waals surface area contributed by atoms with Crippen LogP contribution in [0.25, 0.3) is 0 Å². The Hall–Kier alpha value is -1.06. The van der Waals surface area contributed by atoms with E-state index in [1.807, 2.05) is 26.8 Å². The van der Waals surface area contributed by atoms with Crippen LogP contribution in [-0.2, 0) is 14.8 Å². The van der Waals surface area contributed by atoms with Crippen molar-refractivity contribution in [1.82, 2.24) is 9.62 Å². The van der Waals surface area contributed by atoms with Gasteiger partial charge in [-0.05, 0) is 36.0 Å². The molecule has 7 nitrogen and oxygen atoms in total. The van der Waals surface area contributed by atoms with Crippen LogP contribution in [0.1, 0.15) is 45.1 Å². The lowest BCUT2D eigenvalue weighted by Gasteiger charge is -2.34. The van der Waals surface area contributed by atoms with Crippen molar-refractivity contribution in [3.05, 3.63) is 33.8 Å². The van der Waals surface area contributed by atoms with Gasteiger partial charge in [-0.15, -0.1) is 0 Å². The molecule has 2 N–H and O–H groups in total. The summed E-state index contributed by atoms with van der Waals surface area (Å²) in [6.07, 6.45) is 0.616. The van der Waals surface area contributed by atoms with E-state index in [-0.39, 0.29) is 43.2 Å². The normalized spacial score (nSPS) is 23.3. The van der Waals surface area contributed by atoms with Gasteiger partial charge in [-0.2, -0.15) is 0 Å². The molecule has 1 aliphatic heterocycles. The number of carboxylic acid groups (broad SMARTS) is 1. The topological polar surface area (TPSA) is 95.9 Å². The highest BCUT2D eigenvalue weighted by atomic mass is 35.5. The van der Waals surface area contributed by atoms with Crippen molar-refractivity contribution in [2.45, 2.75) is 51.7 Å². The Morgan fingerprint density at radius 3 is 2.47 bits per heavy atom. The average Bonchev–Trinajstić information content (AvgIpc) is 2.80. The minimum Gasteiger partial charge on any atom is -0.465 e. The van der Waals surface area contributed by atoms with Gasteiger partial charge in [0.2, 0.25) is 10.0 Å². The van der Waals surface area contributed by atoms with Gasteiger partial charge in [0.1, 0.15) is 0 Å². The maximum Gasteiger partial charge on any atom is 0.407 e. The second-order valence-electron chi connectivity index (χ2n) is 8.81. The number of rotatable bonds is 6. The first-order valence-electron chi connectivity index (χ1n) is 9.81. The van der Waals surface area contributed by atoms with Gasteiger partial charge in [0, 0.05) is 19.0 Å². The van der Waals surface area contributed by atoms with E-state index in [0.717, 1.165) is 11.8 Å². The molecule has 1 fully saturated rings. The summed E-state index contributed by atoms with van der Waals surface area (Å²) in [6, 6.07) is 5.28. The molecule has 0 unspecified atom stereocenters. The third-order valence-electron chi connectivity index (χ3n) is 5.23. The van der Waals surface area contributed by atoms with Crippen molar-refractivity contribution in [2.24, 2.45) is 5.41 Å². The molecule has 0 saturated carbocycles. The molecule has 10 heteroatoms. The van der Waals surface area contributed by atoms with Crippen molar-refractivity contribution in [2.75, 3.05) is 25.9 Å². The second-order valence-corrected chi connectivity index (χ2v) is 11.5. The number of halogens is 2. The molecule has 1 amide bonds. The third-order valence-corrected chi connectivity index (χ3v) is 6.70. The van der Waals surface area contributed by atoms with Gasteiger partial charge in [0.05, 0.1) is 35.1 Å². The molecule has 1 aromatic carbocycles. The number of carbonyl (C=O) groups is 1. The van der Waals surface area contributed by atoms with Crippen LogP contribution in [0.5, 0.6) is 0 Å². The minimum absolute atomic E-state index is 0.254. The lowest BCUT2D eigenvalue weighted by atomic mass is 9.88. The van der Waals surface area contributed by atoms with Crippen LogP contribution >= 0.6 is 23.2 Å². The summed E-state index contributed by atoms with van der Waals surface area (Å²) < 4.78 is 31.7. The second kappa shape index (κ2) is 10.0. The molecule has 2 rings (SSSR count). The van der Waals surface area contributed by atoms with Crippen molar-refractivity contribution in [3.8, 4) is 0 Å². The predicted octanol–water partition coefficient (Wildman–Crippen LogP) is 4.20. The van der Waals surface area contributed by atoms with E-state index in [9.17, 15) is 18.3 Å². The molecule has 0 spiro atoms. The maximum absolute atomic E-state index is 11.9. The van der Waals surface area contributed by atoms with E-state index in [1.54, 1.807) is 12.1 Å². The standard InChI is InChI=1S/C20H30Cl2N2O5S/c1-20(2,3)18-12-24(19(25)26)11-14(13-7-8-15(21)16(22)10-13)17(29-18)6-5-9-23-30(4,27)28/h7-8,10,14,17-18,23H,5-6,9,11-12H2,1-4H3,(H,25,26)/t14-,17-,18-/m1/s1. The van der Waals surface area contributed by atoms with Crippen LogP contribution in [-0.4, -0.2) is 62.6 Å². The average molecular weight is 481 g/mol. The zero-order valence-electron chi connectivity index (χ0n) is 17.7. The molecule has 1 heterocycles. The number of nitrogens with zero attached hydrogens (tertiary/aromatic N) is 1. The monoisotopic (exact) mass is 480 g/mol. The Morgan fingerprint density at radius 2 is 1.93 bits per heavy atom. The van der Waals surface area contributed by atoms with E-state index in [2.05, 4.69) is 4.72 Å². The lowest BCUT2D eigenvalue weighted by molar-refractivity contribution is -0.0690. The highest BCUT2D eigenvalue weighted by molar-refractivity contribution is 7.88. The molecule has 0 aliphatic carbocycles. The van der Waals surface area contributed by atoms with Gasteiger partial charge in [-0.1, -0.05) is 50.0 Å². The number of sulfonamides is 1. The quantitative estimate of drug-likeness (QED) is 0.594. The van der Waals surface area contributed by atoms with Gasteiger partial charge >= 0.3 is 6.09 Å². The molecule has 0 bridgehead atoms. The van der Waals surface area contributed by atoms with E-state index in [1.165, 1.54) is 4.90 Å². The molecule has 170 valence electrons. The van der Waals surface area contributed by atoms with Crippen LogP contribution in [0.2, 0.25) is 10.0 Å². The van der Waals surface area contributed by atoms with Crippen LogP contribution in [0.15, 0.2) is 18.2 Å². The first-order valence-corrected chi connectivity index (χ1v) is 12.5. The summed E-state index contributed by atoms with van der Waals surface area (Å²) in [6.45, 7) is 6.84. The highest BCUT2D eigenvalue weighted by Crippen LogP contribution is 2.37. The van der Waals surface area contributed by atoms with Gasteiger partial charge in [-0.3, -0.25) is 0 Å². The molecule has 30 heavy (non-hydrogen) atoms. The molecule has 1 aliphatic rings. The van der Waals surface area contributed by atoms with Crippen molar-refractivity contribution >= 4 is 39.3 Å². The maximum atomic E-state index is 11.9. The summed E-state index contributed by atoms with van der Waals surface area (Å²) >= 11 is 12.3. The summed E-state index contributed by atoms with van der Waals surface area (Å²) in [4.78, 5) is 13.3. The van der Waals surface area contributed by atoms with Gasteiger partial charge in [-0.25, -0.2) is 17.9 Å². The zero-order chi connectivity index (χ0) is 22.7. The largest absolute Gasteiger partial charge is 0.465 e. The number of hydrogen-bond acceptors (Lipinski definition) is 4. The Balaban J connectivity index is 2.34. The van der Waals surface area contributed by atoms with E-state index in [4.69, 9.17) is 27.9 Å². The molecule has 0 radical (unpaired) electrons. The SMILES string of the molecule is CC(C)(C)[C@H]1CN(C(=O)O)C[C@H](c2ccc(Cl)c(Cl)c2)[C@@H](CCCNS(C)(=O)=O)O1. The molecule has 3 atom stereocenters. The predicted molar refractivity (Wildman–Crippen MR) is 119 cm³/mol. The lowest BCUT2D eigenvalue weighted by Crippen LogP contribution is -2.42. The van der Waals surface area contributed by atoms with Crippen molar-refractivity contribution in [1.29, 1.82) is 0 Å². The van der Waals surface area contributed by atoms with Crippen molar-refractivity contribution in [3.63, 3.8) is 0 Å². The Bertz CT molecular complexity index is 857. The summed E-state index contributed by atoms with van der Waals surface area (Å²) in [7, 11) is -3.27. The van der Waals surface area contributed by atoms with Crippen LogP contribution < -0.4 is 4.72 Å². The van der Waals surface area contributed by atoms with Crippen molar-refractivity contribution < 1.29 is 23.1 Å². The number of hydrogen-bond donors (Lipinski definition) is 2. The summed E-state index contributed by atoms with van der Waals surface area (Å²) in [5.74, 6) is -0.263. The first kappa shape index (κ1) is 25.2. The first-order chi connectivity index (χ1) is 13.8. The smallest absolute Gasteiger partial charge is 0.407 e.